The predicted octanol–water partition coefficient (Wildman–Crippen LogP) is 4.40. The average molecular weight is 331 g/mol. The van der Waals surface area contributed by atoms with E-state index in [-0.39, 0.29) is 12.4 Å². The Hall–Kier alpha value is -1.26. The van der Waals surface area contributed by atoms with Gasteiger partial charge in [0.2, 0.25) is 0 Å². The first-order chi connectivity index (χ1) is 8.56. The number of hydrogen-bond donors (Lipinski definition) is 1. The zero-order chi connectivity index (χ0) is 13.1. The van der Waals surface area contributed by atoms with Gasteiger partial charge in [0, 0.05) is 20.7 Å². The van der Waals surface area contributed by atoms with Gasteiger partial charge in [0.05, 0.1) is 0 Å². The van der Waals surface area contributed by atoms with Crippen LogP contribution in [0.4, 0.5) is 10.1 Å². The topological polar surface area (TPSA) is 35.2 Å². The highest BCUT2D eigenvalue weighted by molar-refractivity contribution is 9.10. The van der Waals surface area contributed by atoms with Gasteiger partial charge in [0.25, 0.3) is 0 Å². The molecule has 2 aromatic rings. The molecule has 5 heteroatoms. The van der Waals surface area contributed by atoms with Gasteiger partial charge in [-0.2, -0.15) is 0 Å². The summed E-state index contributed by atoms with van der Waals surface area (Å²) in [4.78, 5) is 0. The van der Waals surface area contributed by atoms with Crippen molar-refractivity contribution in [2.75, 3.05) is 5.73 Å². The first-order valence-electron chi connectivity index (χ1n) is 5.18. The summed E-state index contributed by atoms with van der Waals surface area (Å²) in [6.07, 6.45) is 0. The summed E-state index contributed by atoms with van der Waals surface area (Å²) >= 11 is 9.17. The number of ether oxygens (including phenoxy) is 1. The van der Waals surface area contributed by atoms with Crippen LogP contribution in [0.15, 0.2) is 40.9 Å². The molecule has 18 heavy (non-hydrogen) atoms. The fourth-order valence-corrected chi connectivity index (χ4v) is 1.96. The van der Waals surface area contributed by atoms with Crippen molar-refractivity contribution in [3.8, 4) is 5.75 Å². The maximum absolute atomic E-state index is 13.5. The van der Waals surface area contributed by atoms with E-state index in [0.29, 0.717) is 15.2 Å². The van der Waals surface area contributed by atoms with Crippen LogP contribution < -0.4 is 10.5 Å². The molecular formula is C13H10BrClFNO. The number of benzene rings is 2. The Balaban J connectivity index is 2.13. The third-order valence-corrected chi connectivity index (χ3v) is 3.21. The van der Waals surface area contributed by atoms with E-state index < -0.39 is 5.82 Å². The summed E-state index contributed by atoms with van der Waals surface area (Å²) < 4.78 is 19.6. The van der Waals surface area contributed by atoms with Crippen LogP contribution in [0.2, 0.25) is 5.02 Å². The summed E-state index contributed by atoms with van der Waals surface area (Å²) in [5, 5.41) is 0.543. The maximum Gasteiger partial charge on any atom is 0.166 e. The van der Waals surface area contributed by atoms with Gasteiger partial charge < -0.3 is 10.5 Å². The van der Waals surface area contributed by atoms with E-state index in [2.05, 4.69) is 15.9 Å². The molecule has 0 amide bonds. The first-order valence-corrected chi connectivity index (χ1v) is 6.35. The van der Waals surface area contributed by atoms with Crippen LogP contribution in [0.5, 0.6) is 5.75 Å². The fourth-order valence-electron chi connectivity index (χ4n) is 1.45. The van der Waals surface area contributed by atoms with Crippen molar-refractivity contribution in [1.29, 1.82) is 0 Å². The monoisotopic (exact) mass is 329 g/mol. The second kappa shape index (κ2) is 5.59. The molecule has 0 saturated heterocycles. The zero-order valence-corrected chi connectivity index (χ0v) is 11.6. The SMILES string of the molecule is Nc1ccc(Cl)c(COc2ccc(Br)cc2F)c1. The lowest BCUT2D eigenvalue weighted by Crippen LogP contribution is -1.99. The third-order valence-electron chi connectivity index (χ3n) is 2.35. The van der Waals surface area contributed by atoms with Gasteiger partial charge in [-0.05, 0) is 36.4 Å². The molecule has 2 aromatic carbocycles. The molecule has 0 heterocycles. The van der Waals surface area contributed by atoms with E-state index >= 15 is 0 Å². The summed E-state index contributed by atoms with van der Waals surface area (Å²) in [6, 6.07) is 9.70. The van der Waals surface area contributed by atoms with Gasteiger partial charge in [0.1, 0.15) is 6.61 Å². The molecule has 2 nitrogen and oxygen atoms in total. The van der Waals surface area contributed by atoms with Crippen molar-refractivity contribution >= 4 is 33.2 Å². The van der Waals surface area contributed by atoms with Crippen LogP contribution in [-0.2, 0) is 6.61 Å². The standard InChI is InChI=1S/C13H10BrClFNO/c14-9-1-4-13(12(16)6-9)18-7-8-5-10(17)2-3-11(8)15/h1-6H,7,17H2. The molecule has 0 bridgehead atoms. The minimum absolute atomic E-state index is 0.169. The van der Waals surface area contributed by atoms with Crippen molar-refractivity contribution in [2.24, 2.45) is 0 Å². The molecule has 94 valence electrons. The van der Waals surface area contributed by atoms with Gasteiger partial charge >= 0.3 is 0 Å². The van der Waals surface area contributed by atoms with Gasteiger partial charge in [-0.25, -0.2) is 4.39 Å². The average Bonchev–Trinajstić information content (AvgIpc) is 2.32. The Morgan fingerprint density at radius 1 is 1.22 bits per heavy atom. The number of rotatable bonds is 3. The lowest BCUT2D eigenvalue weighted by molar-refractivity contribution is 0.290. The van der Waals surface area contributed by atoms with Crippen molar-refractivity contribution in [3.63, 3.8) is 0 Å². The minimum Gasteiger partial charge on any atom is -0.486 e. The van der Waals surface area contributed by atoms with Crippen molar-refractivity contribution in [2.45, 2.75) is 6.61 Å². The Labute approximate surface area is 118 Å². The molecule has 0 radical (unpaired) electrons. The molecule has 2 N–H and O–H groups in total. The quantitative estimate of drug-likeness (QED) is 0.846. The highest BCUT2D eigenvalue weighted by atomic mass is 79.9. The van der Waals surface area contributed by atoms with E-state index in [1.165, 1.54) is 6.07 Å². The van der Waals surface area contributed by atoms with E-state index in [4.69, 9.17) is 22.1 Å². The summed E-state index contributed by atoms with van der Waals surface area (Å²) in [5.74, 6) is -0.249. The van der Waals surface area contributed by atoms with Crippen molar-refractivity contribution in [3.05, 3.63) is 57.3 Å². The second-order valence-electron chi connectivity index (χ2n) is 3.71. The molecule has 0 fully saturated rings. The summed E-state index contributed by atoms with van der Waals surface area (Å²) in [5.41, 5.74) is 6.96. The predicted molar refractivity (Wildman–Crippen MR) is 74.3 cm³/mol. The zero-order valence-electron chi connectivity index (χ0n) is 9.29. The number of hydrogen-bond acceptors (Lipinski definition) is 2. The van der Waals surface area contributed by atoms with E-state index in [1.54, 1.807) is 30.3 Å². The highest BCUT2D eigenvalue weighted by Gasteiger charge is 2.06. The molecule has 0 aliphatic heterocycles. The van der Waals surface area contributed by atoms with Crippen LogP contribution in [0.25, 0.3) is 0 Å². The van der Waals surface area contributed by atoms with Gasteiger partial charge in [-0.1, -0.05) is 27.5 Å². The largest absolute Gasteiger partial charge is 0.486 e. The Bertz CT molecular complexity index is 577. The van der Waals surface area contributed by atoms with Gasteiger partial charge in [0.15, 0.2) is 11.6 Å². The van der Waals surface area contributed by atoms with Crippen molar-refractivity contribution in [1.82, 2.24) is 0 Å². The molecule has 0 spiro atoms. The van der Waals surface area contributed by atoms with Gasteiger partial charge in [-0.15, -0.1) is 0 Å². The Morgan fingerprint density at radius 3 is 2.72 bits per heavy atom. The minimum atomic E-state index is -0.426. The van der Waals surface area contributed by atoms with Crippen LogP contribution in [0.3, 0.4) is 0 Å². The Kier molecular flexibility index (Phi) is 4.09. The third kappa shape index (κ3) is 3.15. The number of halogens is 3. The van der Waals surface area contributed by atoms with Gasteiger partial charge in [-0.3, -0.25) is 0 Å². The molecule has 0 aromatic heterocycles. The maximum atomic E-state index is 13.5. The van der Waals surface area contributed by atoms with E-state index in [9.17, 15) is 4.39 Å². The fraction of sp³-hybridized carbons (Fsp3) is 0.0769. The Morgan fingerprint density at radius 2 is 2.00 bits per heavy atom. The molecule has 0 aliphatic carbocycles. The normalized spacial score (nSPS) is 10.4. The van der Waals surface area contributed by atoms with Crippen LogP contribution in [0.1, 0.15) is 5.56 Å². The molecule has 0 saturated carbocycles. The molecule has 2 rings (SSSR count). The van der Waals surface area contributed by atoms with Crippen LogP contribution in [0, 0.1) is 5.82 Å². The van der Waals surface area contributed by atoms with Crippen LogP contribution in [-0.4, -0.2) is 0 Å². The van der Waals surface area contributed by atoms with Crippen LogP contribution >= 0.6 is 27.5 Å². The second-order valence-corrected chi connectivity index (χ2v) is 5.04. The molecule has 0 aliphatic rings. The number of nitrogens with two attached hydrogens (primary N) is 1. The smallest absolute Gasteiger partial charge is 0.166 e. The first kappa shape index (κ1) is 13.2. The van der Waals surface area contributed by atoms with E-state index in [1.807, 2.05) is 0 Å². The van der Waals surface area contributed by atoms with Crippen molar-refractivity contribution < 1.29 is 9.13 Å². The van der Waals surface area contributed by atoms with E-state index in [0.717, 1.165) is 5.56 Å². The summed E-state index contributed by atoms with van der Waals surface area (Å²) in [7, 11) is 0. The summed E-state index contributed by atoms with van der Waals surface area (Å²) in [6.45, 7) is 0.169. The molecular weight excluding hydrogens is 321 g/mol. The molecule has 0 atom stereocenters. The number of anilines is 1. The lowest BCUT2D eigenvalue weighted by Gasteiger charge is -2.09. The lowest BCUT2D eigenvalue weighted by atomic mass is 10.2. The molecule has 0 unspecified atom stereocenters. The highest BCUT2D eigenvalue weighted by Crippen LogP contribution is 2.24. The number of nitrogen functional groups attached to an aromatic ring is 1.